The fraction of sp³-hybridized carbons (Fsp3) is 0.571. The molecule has 0 aliphatic rings. The molecule has 19 heavy (non-hydrogen) atoms. The van der Waals surface area contributed by atoms with Gasteiger partial charge in [0.25, 0.3) is 0 Å². The molecule has 2 unspecified atom stereocenters. The van der Waals surface area contributed by atoms with Crippen molar-refractivity contribution in [1.29, 1.82) is 0 Å². The van der Waals surface area contributed by atoms with Crippen molar-refractivity contribution in [2.75, 3.05) is 5.75 Å². The van der Waals surface area contributed by atoms with Gasteiger partial charge in [0.05, 0.1) is 5.37 Å². The summed E-state index contributed by atoms with van der Waals surface area (Å²) in [4.78, 5) is 16.0. The number of nitrogens with one attached hydrogen (secondary N) is 1. The molecule has 106 valence electrons. The van der Waals surface area contributed by atoms with E-state index in [4.69, 9.17) is 0 Å². The van der Waals surface area contributed by atoms with E-state index < -0.39 is 0 Å². The minimum atomic E-state index is -0.114. The summed E-state index contributed by atoms with van der Waals surface area (Å²) in [7, 11) is 0. The molecule has 2 atom stereocenters. The second kappa shape index (κ2) is 8.48. The third kappa shape index (κ3) is 6.87. The molecule has 1 N–H and O–H groups in total. The Labute approximate surface area is 125 Å². The first-order valence-corrected chi connectivity index (χ1v) is 8.04. The highest BCUT2D eigenvalue weighted by molar-refractivity contribution is 7.99. The SMILES string of the molecule is CC(C)CSC(CC(=O)NC(C)S)c1cccnc1. The van der Waals surface area contributed by atoms with E-state index in [-0.39, 0.29) is 16.5 Å². The summed E-state index contributed by atoms with van der Waals surface area (Å²) < 4.78 is 0. The van der Waals surface area contributed by atoms with Crippen molar-refractivity contribution in [3.05, 3.63) is 30.1 Å². The summed E-state index contributed by atoms with van der Waals surface area (Å²) in [6, 6.07) is 3.94. The summed E-state index contributed by atoms with van der Waals surface area (Å²) in [6.45, 7) is 6.22. The molecular formula is C14H22N2OS2. The molecule has 1 amide bonds. The normalized spacial score (nSPS) is 14.2. The molecule has 0 bridgehead atoms. The van der Waals surface area contributed by atoms with Gasteiger partial charge in [0.15, 0.2) is 0 Å². The minimum absolute atomic E-state index is 0.0348. The summed E-state index contributed by atoms with van der Waals surface area (Å²) >= 11 is 5.99. The van der Waals surface area contributed by atoms with Gasteiger partial charge in [-0.1, -0.05) is 19.9 Å². The van der Waals surface area contributed by atoms with Gasteiger partial charge in [0.1, 0.15) is 0 Å². The van der Waals surface area contributed by atoms with Crippen LogP contribution in [0.5, 0.6) is 0 Å². The highest BCUT2D eigenvalue weighted by Crippen LogP contribution is 2.32. The number of hydrogen-bond donors (Lipinski definition) is 2. The van der Waals surface area contributed by atoms with Crippen LogP contribution in [0.1, 0.15) is 38.0 Å². The Morgan fingerprint density at radius 2 is 2.21 bits per heavy atom. The summed E-state index contributed by atoms with van der Waals surface area (Å²) in [5.74, 6) is 1.67. The molecule has 0 aromatic carbocycles. The van der Waals surface area contributed by atoms with Crippen molar-refractivity contribution < 1.29 is 4.79 Å². The van der Waals surface area contributed by atoms with Gasteiger partial charge in [-0.2, -0.15) is 24.4 Å². The van der Waals surface area contributed by atoms with Crippen molar-refractivity contribution in [3.63, 3.8) is 0 Å². The van der Waals surface area contributed by atoms with Crippen molar-refractivity contribution >= 4 is 30.3 Å². The monoisotopic (exact) mass is 298 g/mol. The van der Waals surface area contributed by atoms with Crippen LogP contribution in [0.3, 0.4) is 0 Å². The predicted octanol–water partition coefficient (Wildman–Crippen LogP) is 3.29. The number of rotatable bonds is 7. The third-order valence-electron chi connectivity index (χ3n) is 2.43. The summed E-state index contributed by atoms with van der Waals surface area (Å²) in [5, 5.41) is 2.86. The lowest BCUT2D eigenvalue weighted by molar-refractivity contribution is -0.121. The molecular weight excluding hydrogens is 276 g/mol. The zero-order valence-corrected chi connectivity index (χ0v) is 13.4. The van der Waals surface area contributed by atoms with Crippen LogP contribution in [0.15, 0.2) is 24.5 Å². The van der Waals surface area contributed by atoms with E-state index in [9.17, 15) is 4.79 Å². The molecule has 1 rings (SSSR count). The summed E-state index contributed by atoms with van der Waals surface area (Å²) in [6.07, 6.45) is 4.06. The van der Waals surface area contributed by atoms with Crippen molar-refractivity contribution in [1.82, 2.24) is 10.3 Å². The zero-order chi connectivity index (χ0) is 14.3. The van der Waals surface area contributed by atoms with Gasteiger partial charge in [-0.3, -0.25) is 9.78 Å². The van der Waals surface area contributed by atoms with E-state index in [0.29, 0.717) is 12.3 Å². The van der Waals surface area contributed by atoms with Gasteiger partial charge in [-0.15, -0.1) is 0 Å². The standard InChI is InChI=1S/C14H22N2OS2/c1-10(2)9-19-13(7-14(17)16-11(3)18)12-5-4-6-15-8-12/h4-6,8,10-11,13,18H,7,9H2,1-3H3,(H,16,17). The maximum Gasteiger partial charge on any atom is 0.222 e. The minimum Gasteiger partial charge on any atom is -0.345 e. The lowest BCUT2D eigenvalue weighted by atomic mass is 10.1. The number of amides is 1. The molecule has 0 radical (unpaired) electrons. The van der Waals surface area contributed by atoms with E-state index >= 15 is 0 Å². The van der Waals surface area contributed by atoms with Crippen molar-refractivity contribution in [2.45, 2.75) is 37.8 Å². The molecule has 1 heterocycles. The summed E-state index contributed by atoms with van der Waals surface area (Å²) in [5.41, 5.74) is 1.11. The van der Waals surface area contributed by atoms with E-state index in [1.807, 2.05) is 37.0 Å². The van der Waals surface area contributed by atoms with Gasteiger partial charge in [0.2, 0.25) is 5.91 Å². The lowest BCUT2D eigenvalue weighted by Crippen LogP contribution is -2.29. The van der Waals surface area contributed by atoms with Gasteiger partial charge < -0.3 is 5.32 Å². The Hall–Kier alpha value is -0.680. The van der Waals surface area contributed by atoms with E-state index in [2.05, 4.69) is 36.8 Å². The van der Waals surface area contributed by atoms with Crippen LogP contribution in [-0.4, -0.2) is 22.0 Å². The van der Waals surface area contributed by atoms with Crippen LogP contribution >= 0.6 is 24.4 Å². The Morgan fingerprint density at radius 3 is 2.74 bits per heavy atom. The number of aromatic nitrogens is 1. The largest absolute Gasteiger partial charge is 0.345 e. The molecule has 0 aliphatic heterocycles. The smallest absolute Gasteiger partial charge is 0.222 e. The number of thiol groups is 1. The number of carbonyl (C=O) groups is 1. The molecule has 0 fully saturated rings. The molecule has 0 saturated carbocycles. The number of pyridine rings is 1. The first-order chi connectivity index (χ1) is 8.99. The highest BCUT2D eigenvalue weighted by atomic mass is 32.2. The zero-order valence-electron chi connectivity index (χ0n) is 11.7. The van der Waals surface area contributed by atoms with Crippen LogP contribution in [0.25, 0.3) is 0 Å². The molecule has 0 spiro atoms. The van der Waals surface area contributed by atoms with Crippen molar-refractivity contribution in [2.24, 2.45) is 5.92 Å². The average Bonchev–Trinajstić information content (AvgIpc) is 2.34. The van der Waals surface area contributed by atoms with E-state index in [1.54, 1.807) is 6.20 Å². The topological polar surface area (TPSA) is 42.0 Å². The molecule has 0 saturated heterocycles. The first-order valence-electron chi connectivity index (χ1n) is 6.48. The average molecular weight is 298 g/mol. The van der Waals surface area contributed by atoms with Gasteiger partial charge >= 0.3 is 0 Å². The van der Waals surface area contributed by atoms with E-state index in [1.165, 1.54) is 0 Å². The molecule has 1 aromatic heterocycles. The Balaban J connectivity index is 2.67. The quantitative estimate of drug-likeness (QED) is 0.599. The van der Waals surface area contributed by atoms with Crippen molar-refractivity contribution in [3.8, 4) is 0 Å². The van der Waals surface area contributed by atoms with Crippen LogP contribution < -0.4 is 5.32 Å². The maximum absolute atomic E-state index is 11.9. The van der Waals surface area contributed by atoms with Crippen LogP contribution in [0, 0.1) is 5.92 Å². The number of thioether (sulfide) groups is 1. The Kier molecular flexibility index (Phi) is 7.31. The highest BCUT2D eigenvalue weighted by Gasteiger charge is 2.17. The molecule has 5 heteroatoms. The Bertz CT molecular complexity index is 382. The molecule has 3 nitrogen and oxygen atoms in total. The van der Waals surface area contributed by atoms with E-state index in [0.717, 1.165) is 11.3 Å². The lowest BCUT2D eigenvalue weighted by Gasteiger charge is -2.18. The number of nitrogens with zero attached hydrogens (tertiary/aromatic N) is 1. The fourth-order valence-electron chi connectivity index (χ4n) is 1.61. The number of hydrogen-bond acceptors (Lipinski definition) is 4. The second-order valence-corrected chi connectivity index (χ2v) is 6.96. The van der Waals surface area contributed by atoms with Gasteiger partial charge in [0, 0.05) is 24.1 Å². The molecule has 0 aliphatic carbocycles. The third-order valence-corrected chi connectivity index (χ3v) is 4.26. The van der Waals surface area contributed by atoms with Crippen LogP contribution in [0.4, 0.5) is 0 Å². The number of carbonyl (C=O) groups excluding carboxylic acids is 1. The molecule has 1 aromatic rings. The Morgan fingerprint density at radius 1 is 1.47 bits per heavy atom. The van der Waals surface area contributed by atoms with Gasteiger partial charge in [-0.25, -0.2) is 0 Å². The van der Waals surface area contributed by atoms with Crippen LogP contribution in [-0.2, 0) is 4.79 Å². The first kappa shape index (κ1) is 16.4. The maximum atomic E-state index is 11.9. The fourth-order valence-corrected chi connectivity index (χ4v) is 2.97. The van der Waals surface area contributed by atoms with Gasteiger partial charge in [-0.05, 0) is 30.2 Å². The van der Waals surface area contributed by atoms with Crippen LogP contribution in [0.2, 0.25) is 0 Å². The predicted molar refractivity (Wildman–Crippen MR) is 85.5 cm³/mol. The second-order valence-electron chi connectivity index (χ2n) is 4.95.